The maximum atomic E-state index is 14.1. The lowest BCUT2D eigenvalue weighted by Gasteiger charge is -2.33. The Kier molecular flexibility index (Phi) is 11.8. The fourth-order valence-electron chi connectivity index (χ4n) is 4.25. The first kappa shape index (κ1) is 32.1. The molecule has 10 heteroatoms. The van der Waals surface area contributed by atoms with E-state index in [1.807, 2.05) is 75.4 Å². The van der Waals surface area contributed by atoms with Crippen molar-refractivity contribution in [1.82, 2.24) is 10.2 Å². The standard InChI is InChI=1S/C31H38BrN3O5S/c1-5-40-28-17-15-27(16-18-28)35(41(4,38)39)22-30(36)34(21-25-11-13-26(32)14-12-25)29(31(37)33-20-23(2)3)19-24-9-7-6-8-10-24/h6-18,23,29H,5,19-22H2,1-4H3,(H,33,37)/t29-/m1/s1. The number of anilines is 1. The van der Waals surface area contributed by atoms with Crippen LogP contribution in [0.2, 0.25) is 0 Å². The van der Waals surface area contributed by atoms with Crippen LogP contribution in [0, 0.1) is 5.92 Å². The summed E-state index contributed by atoms with van der Waals surface area (Å²) >= 11 is 3.44. The zero-order chi connectivity index (χ0) is 30.0. The number of carbonyl (C=O) groups is 2. The van der Waals surface area contributed by atoms with Crippen LogP contribution in [0.4, 0.5) is 5.69 Å². The number of hydrogen-bond donors (Lipinski definition) is 1. The average molecular weight is 645 g/mol. The zero-order valence-corrected chi connectivity index (χ0v) is 26.3. The fourth-order valence-corrected chi connectivity index (χ4v) is 5.37. The van der Waals surface area contributed by atoms with Gasteiger partial charge in [0.2, 0.25) is 21.8 Å². The molecule has 0 aliphatic heterocycles. The number of halogens is 1. The summed E-state index contributed by atoms with van der Waals surface area (Å²) in [7, 11) is -3.84. The van der Waals surface area contributed by atoms with Gasteiger partial charge in [-0.25, -0.2) is 8.42 Å². The summed E-state index contributed by atoms with van der Waals surface area (Å²) in [6.45, 7) is 6.44. The molecule has 0 bridgehead atoms. The maximum Gasteiger partial charge on any atom is 0.244 e. The fraction of sp³-hybridized carbons (Fsp3) is 0.355. The summed E-state index contributed by atoms with van der Waals surface area (Å²) in [6.07, 6.45) is 1.33. The van der Waals surface area contributed by atoms with Gasteiger partial charge in [-0.05, 0) is 60.4 Å². The van der Waals surface area contributed by atoms with Crippen molar-refractivity contribution in [3.8, 4) is 5.75 Å². The lowest BCUT2D eigenvalue weighted by molar-refractivity contribution is -0.140. The third kappa shape index (κ3) is 9.89. The Morgan fingerprint density at radius 1 is 0.927 bits per heavy atom. The van der Waals surface area contributed by atoms with Gasteiger partial charge in [0.1, 0.15) is 18.3 Å². The Bertz CT molecular complexity index is 1380. The molecule has 0 saturated carbocycles. The number of benzene rings is 3. The van der Waals surface area contributed by atoms with E-state index in [0.717, 1.165) is 26.2 Å². The van der Waals surface area contributed by atoms with E-state index < -0.39 is 28.5 Å². The highest BCUT2D eigenvalue weighted by molar-refractivity contribution is 9.10. The second kappa shape index (κ2) is 15.0. The van der Waals surface area contributed by atoms with Gasteiger partial charge in [-0.1, -0.05) is 72.2 Å². The topological polar surface area (TPSA) is 96.0 Å². The van der Waals surface area contributed by atoms with Gasteiger partial charge in [0.05, 0.1) is 18.6 Å². The minimum Gasteiger partial charge on any atom is -0.494 e. The van der Waals surface area contributed by atoms with Crippen molar-refractivity contribution in [3.63, 3.8) is 0 Å². The average Bonchev–Trinajstić information content (AvgIpc) is 2.94. The van der Waals surface area contributed by atoms with E-state index in [9.17, 15) is 18.0 Å². The smallest absolute Gasteiger partial charge is 0.244 e. The molecule has 0 aliphatic rings. The third-order valence-electron chi connectivity index (χ3n) is 6.34. The zero-order valence-electron chi connectivity index (χ0n) is 23.9. The molecule has 2 amide bonds. The molecule has 0 fully saturated rings. The van der Waals surface area contributed by atoms with Crippen molar-refractivity contribution in [2.75, 3.05) is 30.3 Å². The largest absolute Gasteiger partial charge is 0.494 e. The van der Waals surface area contributed by atoms with Crippen LogP contribution in [0.3, 0.4) is 0 Å². The Hall–Kier alpha value is -3.37. The Balaban J connectivity index is 2.02. The predicted octanol–water partition coefficient (Wildman–Crippen LogP) is 5.03. The monoisotopic (exact) mass is 643 g/mol. The second-order valence-corrected chi connectivity index (χ2v) is 13.0. The van der Waals surface area contributed by atoms with Crippen LogP contribution >= 0.6 is 15.9 Å². The van der Waals surface area contributed by atoms with E-state index in [1.165, 1.54) is 4.90 Å². The summed E-state index contributed by atoms with van der Waals surface area (Å²) in [6, 6.07) is 22.6. The lowest BCUT2D eigenvalue weighted by Crippen LogP contribution is -2.53. The molecule has 3 rings (SSSR count). The molecular weight excluding hydrogens is 606 g/mol. The minimum absolute atomic E-state index is 0.125. The van der Waals surface area contributed by atoms with Crippen LogP contribution in [-0.4, -0.2) is 57.1 Å². The first-order valence-corrected chi connectivity index (χ1v) is 16.2. The molecule has 8 nitrogen and oxygen atoms in total. The molecule has 0 radical (unpaired) electrons. The minimum atomic E-state index is -3.84. The summed E-state index contributed by atoms with van der Waals surface area (Å²) in [5.41, 5.74) is 2.03. The van der Waals surface area contributed by atoms with Crippen molar-refractivity contribution in [2.45, 2.75) is 39.8 Å². The highest BCUT2D eigenvalue weighted by Gasteiger charge is 2.33. The van der Waals surface area contributed by atoms with Crippen molar-refractivity contribution in [3.05, 3.63) is 94.5 Å². The molecule has 0 heterocycles. The number of carbonyl (C=O) groups excluding carboxylic acids is 2. The number of ether oxygens (including phenoxy) is 1. The highest BCUT2D eigenvalue weighted by atomic mass is 79.9. The Labute approximate surface area is 251 Å². The van der Waals surface area contributed by atoms with Crippen LogP contribution in [0.1, 0.15) is 31.9 Å². The molecule has 0 aliphatic carbocycles. The van der Waals surface area contributed by atoms with Crippen molar-refractivity contribution in [2.24, 2.45) is 5.92 Å². The van der Waals surface area contributed by atoms with Crippen LogP contribution in [-0.2, 0) is 32.6 Å². The van der Waals surface area contributed by atoms with Gasteiger partial charge in [-0.3, -0.25) is 13.9 Å². The van der Waals surface area contributed by atoms with E-state index in [-0.39, 0.29) is 24.8 Å². The Morgan fingerprint density at radius 2 is 1.56 bits per heavy atom. The van der Waals surface area contributed by atoms with E-state index in [2.05, 4.69) is 21.2 Å². The van der Waals surface area contributed by atoms with Crippen molar-refractivity contribution in [1.29, 1.82) is 0 Å². The summed E-state index contributed by atoms with van der Waals surface area (Å²) < 4.78 is 33.2. The molecule has 0 saturated heterocycles. The van der Waals surface area contributed by atoms with Gasteiger partial charge < -0.3 is 15.0 Å². The SMILES string of the molecule is CCOc1ccc(N(CC(=O)N(Cc2ccc(Br)cc2)[C@H](Cc2ccccc2)C(=O)NCC(C)C)S(C)(=O)=O)cc1. The summed E-state index contributed by atoms with van der Waals surface area (Å²) in [5.74, 6) is 0.0258. The number of sulfonamides is 1. The van der Waals surface area contributed by atoms with Crippen LogP contribution in [0.25, 0.3) is 0 Å². The van der Waals surface area contributed by atoms with Crippen LogP contribution < -0.4 is 14.4 Å². The summed E-state index contributed by atoms with van der Waals surface area (Å²) in [5, 5.41) is 2.98. The molecule has 0 aromatic heterocycles. The molecule has 1 atom stereocenters. The van der Waals surface area contributed by atoms with Gasteiger partial charge in [0.25, 0.3) is 0 Å². The van der Waals surface area contributed by atoms with Crippen LogP contribution in [0.5, 0.6) is 5.75 Å². The molecule has 220 valence electrons. The first-order valence-electron chi connectivity index (χ1n) is 13.5. The normalized spacial score (nSPS) is 12.0. The quantitative estimate of drug-likeness (QED) is 0.266. The number of nitrogens with one attached hydrogen (secondary N) is 1. The van der Waals surface area contributed by atoms with Crippen molar-refractivity contribution < 1.29 is 22.7 Å². The summed E-state index contributed by atoms with van der Waals surface area (Å²) in [4.78, 5) is 29.2. The molecule has 3 aromatic rings. The molecule has 1 N–H and O–H groups in total. The third-order valence-corrected chi connectivity index (χ3v) is 8.01. The van der Waals surface area contributed by atoms with Crippen LogP contribution in [0.15, 0.2) is 83.3 Å². The predicted molar refractivity (Wildman–Crippen MR) is 166 cm³/mol. The van der Waals surface area contributed by atoms with Gasteiger partial charge >= 0.3 is 0 Å². The maximum absolute atomic E-state index is 14.1. The van der Waals surface area contributed by atoms with Gasteiger partial charge in [-0.15, -0.1) is 0 Å². The van der Waals surface area contributed by atoms with E-state index >= 15 is 0 Å². The molecule has 41 heavy (non-hydrogen) atoms. The molecule has 3 aromatic carbocycles. The number of amides is 2. The number of nitrogens with zero attached hydrogens (tertiary/aromatic N) is 2. The Morgan fingerprint density at radius 3 is 2.12 bits per heavy atom. The van der Waals surface area contributed by atoms with E-state index in [0.29, 0.717) is 24.6 Å². The number of rotatable bonds is 14. The highest BCUT2D eigenvalue weighted by Crippen LogP contribution is 2.23. The van der Waals surface area contributed by atoms with E-state index in [4.69, 9.17) is 4.74 Å². The van der Waals surface area contributed by atoms with Gasteiger partial charge in [-0.2, -0.15) is 0 Å². The number of hydrogen-bond acceptors (Lipinski definition) is 5. The van der Waals surface area contributed by atoms with E-state index in [1.54, 1.807) is 24.3 Å². The molecule has 0 unspecified atom stereocenters. The van der Waals surface area contributed by atoms with Gasteiger partial charge in [0, 0.05) is 24.0 Å². The molecule has 0 spiro atoms. The molecular formula is C31H38BrN3O5S. The first-order chi connectivity index (χ1) is 19.5. The lowest BCUT2D eigenvalue weighted by atomic mass is 10.0. The second-order valence-electron chi connectivity index (χ2n) is 10.2. The van der Waals surface area contributed by atoms with Gasteiger partial charge in [0.15, 0.2) is 0 Å². The van der Waals surface area contributed by atoms with Crippen molar-refractivity contribution >= 4 is 43.5 Å².